The summed E-state index contributed by atoms with van der Waals surface area (Å²) in [6.07, 6.45) is 1.02. The third-order valence-corrected chi connectivity index (χ3v) is 3.74. The monoisotopic (exact) mass is 250 g/mol. The lowest BCUT2D eigenvalue weighted by molar-refractivity contribution is 0.156. The lowest BCUT2D eigenvalue weighted by atomic mass is 9.94. The Labute approximate surface area is 108 Å². The summed E-state index contributed by atoms with van der Waals surface area (Å²) in [6.45, 7) is 4.91. The number of phenols is 1. The van der Waals surface area contributed by atoms with Gasteiger partial charge in [0.25, 0.3) is 0 Å². The van der Waals surface area contributed by atoms with Crippen LogP contribution in [0.4, 0.5) is 0 Å². The van der Waals surface area contributed by atoms with Crippen molar-refractivity contribution in [2.24, 2.45) is 11.7 Å². The van der Waals surface area contributed by atoms with Crippen molar-refractivity contribution in [2.45, 2.75) is 25.9 Å². The average Bonchev–Trinajstić information content (AvgIpc) is 2.36. The predicted molar refractivity (Wildman–Crippen MR) is 71.7 cm³/mol. The van der Waals surface area contributed by atoms with Gasteiger partial charge in [-0.25, -0.2) is 0 Å². The van der Waals surface area contributed by atoms with E-state index in [-0.39, 0.29) is 0 Å². The van der Waals surface area contributed by atoms with Gasteiger partial charge in [-0.1, -0.05) is 6.92 Å². The highest BCUT2D eigenvalue weighted by Crippen LogP contribution is 2.26. The molecule has 0 radical (unpaired) electrons. The number of likely N-dealkylation sites (tertiary alicyclic amines) is 1. The van der Waals surface area contributed by atoms with Gasteiger partial charge in [0, 0.05) is 24.7 Å². The first-order valence-electron chi connectivity index (χ1n) is 6.44. The fourth-order valence-electron chi connectivity index (χ4n) is 2.45. The number of benzene rings is 1. The van der Waals surface area contributed by atoms with Crippen molar-refractivity contribution in [2.75, 3.05) is 20.2 Å². The second-order valence-corrected chi connectivity index (χ2v) is 5.16. The van der Waals surface area contributed by atoms with Crippen LogP contribution in [-0.2, 0) is 6.54 Å². The van der Waals surface area contributed by atoms with E-state index in [0.717, 1.165) is 37.4 Å². The van der Waals surface area contributed by atoms with E-state index < -0.39 is 0 Å². The van der Waals surface area contributed by atoms with Crippen LogP contribution in [0.2, 0.25) is 0 Å². The molecule has 0 amide bonds. The molecule has 4 nitrogen and oxygen atoms in total. The third-order valence-electron chi connectivity index (χ3n) is 3.74. The molecule has 0 aliphatic carbocycles. The molecular weight excluding hydrogens is 228 g/mol. The van der Waals surface area contributed by atoms with Crippen molar-refractivity contribution in [1.29, 1.82) is 0 Å². The highest BCUT2D eigenvalue weighted by molar-refractivity contribution is 5.39. The molecular formula is C14H22N2O2. The summed E-state index contributed by atoms with van der Waals surface area (Å²) in [5.74, 6) is 1.62. The number of phenolic OH excluding ortho intramolecular Hbond substituents is 1. The molecule has 1 aliphatic rings. The molecule has 2 atom stereocenters. The molecule has 0 bridgehead atoms. The normalized spacial score (nSPS) is 25.1. The first kappa shape index (κ1) is 13.2. The Morgan fingerprint density at radius 1 is 1.50 bits per heavy atom. The zero-order valence-electron chi connectivity index (χ0n) is 11.1. The van der Waals surface area contributed by atoms with Gasteiger partial charge in [0.05, 0.1) is 7.11 Å². The Morgan fingerprint density at radius 2 is 2.28 bits per heavy atom. The van der Waals surface area contributed by atoms with Crippen molar-refractivity contribution in [1.82, 2.24) is 4.90 Å². The van der Waals surface area contributed by atoms with Gasteiger partial charge >= 0.3 is 0 Å². The Balaban J connectivity index is 2.05. The van der Waals surface area contributed by atoms with Crippen molar-refractivity contribution in [3.8, 4) is 11.5 Å². The van der Waals surface area contributed by atoms with Crippen molar-refractivity contribution in [3.63, 3.8) is 0 Å². The Bertz CT molecular complexity index is 409. The van der Waals surface area contributed by atoms with Crippen molar-refractivity contribution < 1.29 is 9.84 Å². The molecule has 1 heterocycles. The zero-order chi connectivity index (χ0) is 13.1. The van der Waals surface area contributed by atoms with E-state index in [9.17, 15) is 5.11 Å². The Kier molecular flexibility index (Phi) is 4.09. The van der Waals surface area contributed by atoms with Crippen LogP contribution >= 0.6 is 0 Å². The van der Waals surface area contributed by atoms with Gasteiger partial charge in [0.2, 0.25) is 0 Å². The Morgan fingerprint density at radius 3 is 2.94 bits per heavy atom. The van der Waals surface area contributed by atoms with Gasteiger partial charge in [-0.05, 0) is 37.1 Å². The molecule has 1 aliphatic heterocycles. The van der Waals surface area contributed by atoms with Gasteiger partial charge in [0.1, 0.15) is 11.5 Å². The van der Waals surface area contributed by atoms with Crippen LogP contribution in [0.3, 0.4) is 0 Å². The maximum Gasteiger partial charge on any atom is 0.120 e. The number of nitrogens with zero attached hydrogens (tertiary/aromatic N) is 1. The molecule has 2 rings (SSSR count). The van der Waals surface area contributed by atoms with E-state index in [1.165, 1.54) is 0 Å². The number of hydrogen-bond donors (Lipinski definition) is 2. The molecule has 3 N–H and O–H groups in total. The number of nitrogens with two attached hydrogens (primary N) is 1. The van der Waals surface area contributed by atoms with Gasteiger partial charge < -0.3 is 15.6 Å². The number of methoxy groups -OCH3 is 1. The summed E-state index contributed by atoms with van der Waals surface area (Å²) in [5, 5.41) is 9.87. The van der Waals surface area contributed by atoms with Crippen LogP contribution in [0.1, 0.15) is 18.9 Å². The van der Waals surface area contributed by atoms with E-state index in [1.54, 1.807) is 19.2 Å². The molecule has 1 fully saturated rings. The first-order chi connectivity index (χ1) is 8.60. The van der Waals surface area contributed by atoms with Crippen LogP contribution < -0.4 is 10.5 Å². The Hall–Kier alpha value is -1.26. The van der Waals surface area contributed by atoms with E-state index in [1.807, 2.05) is 6.07 Å². The molecule has 1 saturated heterocycles. The van der Waals surface area contributed by atoms with E-state index >= 15 is 0 Å². The summed E-state index contributed by atoms with van der Waals surface area (Å²) < 4.78 is 5.19. The maximum absolute atomic E-state index is 9.87. The highest BCUT2D eigenvalue weighted by Gasteiger charge is 2.23. The molecule has 0 aromatic heterocycles. The summed E-state index contributed by atoms with van der Waals surface area (Å²) in [6, 6.07) is 5.66. The van der Waals surface area contributed by atoms with Crippen LogP contribution in [-0.4, -0.2) is 36.2 Å². The second kappa shape index (κ2) is 5.59. The standard InChI is InChI=1S/C14H22N2O2/c1-10-8-16(6-5-13(10)15)9-11-7-12(18-2)3-4-14(11)17/h3-4,7,10,13,17H,5-6,8-9,15H2,1-2H3. The fourth-order valence-corrected chi connectivity index (χ4v) is 2.45. The minimum absolute atomic E-state index is 0.306. The summed E-state index contributed by atoms with van der Waals surface area (Å²) in [7, 11) is 1.64. The molecule has 4 heteroatoms. The molecule has 0 spiro atoms. The lowest BCUT2D eigenvalue weighted by Crippen LogP contribution is -2.45. The zero-order valence-corrected chi connectivity index (χ0v) is 11.1. The van der Waals surface area contributed by atoms with Crippen LogP contribution in [0.25, 0.3) is 0 Å². The molecule has 1 aromatic rings. The van der Waals surface area contributed by atoms with Crippen LogP contribution in [0, 0.1) is 5.92 Å². The number of aromatic hydroxyl groups is 1. The number of ether oxygens (including phenoxy) is 1. The topological polar surface area (TPSA) is 58.7 Å². The van der Waals surface area contributed by atoms with Crippen molar-refractivity contribution in [3.05, 3.63) is 23.8 Å². The smallest absolute Gasteiger partial charge is 0.120 e. The summed E-state index contributed by atoms with van der Waals surface area (Å²) >= 11 is 0. The first-order valence-corrected chi connectivity index (χ1v) is 6.44. The van der Waals surface area contributed by atoms with E-state index in [2.05, 4.69) is 11.8 Å². The minimum Gasteiger partial charge on any atom is -0.508 e. The lowest BCUT2D eigenvalue weighted by Gasteiger charge is -2.35. The van der Waals surface area contributed by atoms with Gasteiger partial charge in [-0.2, -0.15) is 0 Å². The molecule has 100 valence electrons. The average molecular weight is 250 g/mol. The second-order valence-electron chi connectivity index (χ2n) is 5.16. The summed E-state index contributed by atoms with van der Waals surface area (Å²) in [4.78, 5) is 2.34. The maximum atomic E-state index is 9.87. The SMILES string of the molecule is COc1ccc(O)c(CN2CCC(N)C(C)C2)c1. The minimum atomic E-state index is 0.306. The molecule has 0 saturated carbocycles. The number of rotatable bonds is 3. The molecule has 2 unspecified atom stereocenters. The highest BCUT2D eigenvalue weighted by atomic mass is 16.5. The van der Waals surface area contributed by atoms with Crippen molar-refractivity contribution >= 4 is 0 Å². The van der Waals surface area contributed by atoms with Gasteiger partial charge in [-0.15, -0.1) is 0 Å². The van der Waals surface area contributed by atoms with E-state index in [4.69, 9.17) is 10.5 Å². The number of hydrogen-bond acceptors (Lipinski definition) is 4. The largest absolute Gasteiger partial charge is 0.508 e. The fraction of sp³-hybridized carbons (Fsp3) is 0.571. The molecule has 1 aromatic carbocycles. The quantitative estimate of drug-likeness (QED) is 0.855. The summed E-state index contributed by atoms with van der Waals surface area (Å²) in [5.41, 5.74) is 6.93. The molecule has 18 heavy (non-hydrogen) atoms. The predicted octanol–water partition coefficient (Wildman–Crippen LogP) is 1.57. The van der Waals surface area contributed by atoms with Gasteiger partial charge in [0.15, 0.2) is 0 Å². The van der Waals surface area contributed by atoms with Gasteiger partial charge in [-0.3, -0.25) is 4.90 Å². The van der Waals surface area contributed by atoms with E-state index in [0.29, 0.717) is 17.7 Å². The number of piperidine rings is 1. The third kappa shape index (κ3) is 2.94. The van der Waals surface area contributed by atoms with Crippen LogP contribution in [0.5, 0.6) is 11.5 Å². The van der Waals surface area contributed by atoms with Crippen LogP contribution in [0.15, 0.2) is 18.2 Å².